The van der Waals surface area contributed by atoms with Gasteiger partial charge < -0.3 is 10.5 Å². The molecule has 2 N–H and O–H groups in total. The summed E-state index contributed by atoms with van der Waals surface area (Å²) < 4.78 is 5.71. The fraction of sp³-hybridized carbons (Fsp3) is 0.917. The number of hydrogen-bond donors (Lipinski definition) is 1. The van der Waals surface area contributed by atoms with Crippen LogP contribution in [0.4, 0.5) is 0 Å². The topological polar surface area (TPSA) is 59.0 Å². The van der Waals surface area contributed by atoms with Crippen LogP contribution in [0.5, 0.6) is 0 Å². The third-order valence-electron chi connectivity index (χ3n) is 3.42. The van der Waals surface area contributed by atoms with Crippen molar-refractivity contribution < 1.29 is 4.74 Å². The summed E-state index contributed by atoms with van der Waals surface area (Å²) in [6.07, 6.45) is 3.72. The van der Waals surface area contributed by atoms with Crippen LogP contribution in [-0.4, -0.2) is 18.2 Å². The van der Waals surface area contributed by atoms with Crippen molar-refractivity contribution in [2.45, 2.75) is 51.7 Å². The van der Waals surface area contributed by atoms with Gasteiger partial charge in [-0.2, -0.15) is 5.26 Å². The van der Waals surface area contributed by atoms with Gasteiger partial charge >= 0.3 is 0 Å². The van der Waals surface area contributed by atoms with Crippen molar-refractivity contribution in [3.8, 4) is 6.07 Å². The zero-order valence-corrected chi connectivity index (χ0v) is 9.99. The number of nitrogens with two attached hydrogens (primary N) is 1. The Balaban J connectivity index is 2.32. The molecule has 0 aromatic carbocycles. The fourth-order valence-corrected chi connectivity index (χ4v) is 1.97. The molecule has 0 aromatic heterocycles. The van der Waals surface area contributed by atoms with E-state index in [9.17, 15) is 0 Å². The van der Waals surface area contributed by atoms with Crippen LogP contribution in [-0.2, 0) is 4.74 Å². The predicted molar refractivity (Wildman–Crippen MR) is 60.1 cm³/mol. The van der Waals surface area contributed by atoms with Crippen LogP contribution < -0.4 is 5.73 Å². The Bertz CT molecular complexity index is 244. The molecule has 0 bridgehead atoms. The van der Waals surface area contributed by atoms with Crippen LogP contribution in [0.3, 0.4) is 0 Å². The Morgan fingerprint density at radius 2 is 2.07 bits per heavy atom. The number of ether oxygens (including phenoxy) is 1. The van der Waals surface area contributed by atoms with E-state index in [1.807, 2.05) is 0 Å². The highest BCUT2D eigenvalue weighted by Gasteiger charge is 2.27. The molecule has 4 atom stereocenters. The molecule has 1 fully saturated rings. The van der Waals surface area contributed by atoms with Crippen LogP contribution in [0.1, 0.15) is 40.0 Å². The summed E-state index contributed by atoms with van der Waals surface area (Å²) in [6.45, 7) is 6.62. The SMILES string of the molecule is CC1CCC(OCC(C)(N)C#N)CC1C. The van der Waals surface area contributed by atoms with Gasteiger partial charge in [-0.25, -0.2) is 0 Å². The normalized spacial score (nSPS) is 35.5. The lowest BCUT2D eigenvalue weighted by Crippen LogP contribution is -2.41. The van der Waals surface area contributed by atoms with Crippen molar-refractivity contribution in [1.29, 1.82) is 5.26 Å². The van der Waals surface area contributed by atoms with Crippen LogP contribution in [0, 0.1) is 23.2 Å². The van der Waals surface area contributed by atoms with Gasteiger partial charge in [-0.1, -0.05) is 13.8 Å². The molecule has 0 spiro atoms. The van der Waals surface area contributed by atoms with Gasteiger partial charge in [0, 0.05) is 0 Å². The van der Waals surface area contributed by atoms with Gasteiger partial charge in [0.05, 0.1) is 18.8 Å². The molecule has 1 aliphatic rings. The largest absolute Gasteiger partial charge is 0.375 e. The van der Waals surface area contributed by atoms with Gasteiger partial charge in [0.25, 0.3) is 0 Å². The van der Waals surface area contributed by atoms with E-state index in [1.165, 1.54) is 6.42 Å². The zero-order valence-electron chi connectivity index (χ0n) is 9.99. The second-order valence-corrected chi connectivity index (χ2v) is 5.23. The summed E-state index contributed by atoms with van der Waals surface area (Å²) in [6, 6.07) is 2.05. The molecule has 0 radical (unpaired) electrons. The van der Waals surface area contributed by atoms with Crippen molar-refractivity contribution >= 4 is 0 Å². The smallest absolute Gasteiger partial charge is 0.125 e. The molecule has 0 saturated heterocycles. The Morgan fingerprint density at radius 1 is 1.40 bits per heavy atom. The molecule has 0 heterocycles. The molecule has 4 unspecified atom stereocenters. The summed E-state index contributed by atoms with van der Waals surface area (Å²) in [7, 11) is 0. The van der Waals surface area contributed by atoms with E-state index < -0.39 is 5.54 Å². The average Bonchev–Trinajstić information content (AvgIpc) is 2.20. The lowest BCUT2D eigenvalue weighted by atomic mass is 9.80. The first-order chi connectivity index (χ1) is 6.94. The standard InChI is InChI=1S/C12H22N2O/c1-9-4-5-11(6-10(9)2)15-8-12(3,14)7-13/h9-11H,4-6,8,14H2,1-3H3. The first-order valence-corrected chi connectivity index (χ1v) is 5.76. The molecule has 15 heavy (non-hydrogen) atoms. The maximum atomic E-state index is 8.76. The van der Waals surface area contributed by atoms with E-state index in [0.717, 1.165) is 24.7 Å². The number of nitriles is 1. The molecule has 0 amide bonds. The van der Waals surface area contributed by atoms with Gasteiger partial charge in [0.15, 0.2) is 0 Å². The molecule has 1 saturated carbocycles. The first-order valence-electron chi connectivity index (χ1n) is 5.76. The molecule has 1 rings (SSSR count). The Hall–Kier alpha value is -0.590. The third-order valence-corrected chi connectivity index (χ3v) is 3.42. The van der Waals surface area contributed by atoms with Gasteiger partial charge in [-0.3, -0.25) is 0 Å². The second kappa shape index (κ2) is 4.96. The number of nitrogens with zero attached hydrogens (tertiary/aromatic N) is 1. The quantitative estimate of drug-likeness (QED) is 0.775. The Kier molecular flexibility index (Phi) is 4.12. The third kappa shape index (κ3) is 3.81. The van der Waals surface area contributed by atoms with Gasteiger partial charge in [-0.05, 0) is 38.0 Å². The van der Waals surface area contributed by atoms with Crippen LogP contribution in [0.15, 0.2) is 0 Å². The van der Waals surface area contributed by atoms with Gasteiger partial charge in [0.1, 0.15) is 5.54 Å². The molecular formula is C12H22N2O. The predicted octanol–water partition coefficient (Wildman–Crippen LogP) is 2.07. The molecule has 3 heteroatoms. The van der Waals surface area contributed by atoms with Crippen molar-refractivity contribution in [2.24, 2.45) is 17.6 Å². The van der Waals surface area contributed by atoms with E-state index in [-0.39, 0.29) is 0 Å². The highest BCUT2D eigenvalue weighted by molar-refractivity contribution is 5.01. The molecular weight excluding hydrogens is 188 g/mol. The molecule has 3 nitrogen and oxygen atoms in total. The van der Waals surface area contributed by atoms with Crippen LogP contribution >= 0.6 is 0 Å². The number of hydrogen-bond acceptors (Lipinski definition) is 3. The van der Waals surface area contributed by atoms with E-state index in [4.69, 9.17) is 15.7 Å². The first kappa shape index (κ1) is 12.5. The van der Waals surface area contributed by atoms with E-state index >= 15 is 0 Å². The van der Waals surface area contributed by atoms with E-state index in [2.05, 4.69) is 19.9 Å². The summed E-state index contributed by atoms with van der Waals surface area (Å²) in [5.41, 5.74) is 4.87. The lowest BCUT2D eigenvalue weighted by molar-refractivity contribution is -0.00976. The van der Waals surface area contributed by atoms with Gasteiger partial charge in [0.2, 0.25) is 0 Å². The molecule has 0 aliphatic heterocycles. The van der Waals surface area contributed by atoms with Crippen LogP contribution in [0.25, 0.3) is 0 Å². The minimum Gasteiger partial charge on any atom is -0.375 e. The van der Waals surface area contributed by atoms with Gasteiger partial charge in [-0.15, -0.1) is 0 Å². The van der Waals surface area contributed by atoms with Crippen molar-refractivity contribution in [1.82, 2.24) is 0 Å². The Labute approximate surface area is 92.6 Å². The minimum atomic E-state index is -0.841. The summed E-state index contributed by atoms with van der Waals surface area (Å²) in [5.74, 6) is 1.51. The highest BCUT2D eigenvalue weighted by Crippen LogP contribution is 2.31. The summed E-state index contributed by atoms with van der Waals surface area (Å²) >= 11 is 0. The zero-order chi connectivity index (χ0) is 11.5. The van der Waals surface area contributed by atoms with Crippen molar-refractivity contribution in [3.63, 3.8) is 0 Å². The Morgan fingerprint density at radius 3 is 2.60 bits per heavy atom. The molecule has 1 aliphatic carbocycles. The lowest BCUT2D eigenvalue weighted by Gasteiger charge is -2.33. The maximum Gasteiger partial charge on any atom is 0.125 e. The highest BCUT2D eigenvalue weighted by atomic mass is 16.5. The second-order valence-electron chi connectivity index (χ2n) is 5.23. The monoisotopic (exact) mass is 210 g/mol. The summed E-state index contributed by atoms with van der Waals surface area (Å²) in [4.78, 5) is 0. The van der Waals surface area contributed by atoms with Crippen LogP contribution in [0.2, 0.25) is 0 Å². The van der Waals surface area contributed by atoms with E-state index in [1.54, 1.807) is 6.92 Å². The fourth-order valence-electron chi connectivity index (χ4n) is 1.97. The van der Waals surface area contributed by atoms with E-state index in [0.29, 0.717) is 12.7 Å². The van der Waals surface area contributed by atoms with Crippen molar-refractivity contribution in [2.75, 3.05) is 6.61 Å². The van der Waals surface area contributed by atoms with Crippen molar-refractivity contribution in [3.05, 3.63) is 0 Å². The molecule has 0 aromatic rings. The maximum absolute atomic E-state index is 8.76. The minimum absolute atomic E-state index is 0.299. The molecule has 86 valence electrons. The average molecular weight is 210 g/mol. The number of rotatable bonds is 3. The summed E-state index contributed by atoms with van der Waals surface area (Å²) in [5, 5.41) is 8.76.